The number of benzene rings is 2. The summed E-state index contributed by atoms with van der Waals surface area (Å²) in [4.78, 5) is 26.2. The summed E-state index contributed by atoms with van der Waals surface area (Å²) in [5.41, 5.74) is -0.495. The largest absolute Gasteiger partial charge is 0.418 e. The van der Waals surface area contributed by atoms with Crippen LogP contribution >= 0.6 is 0 Å². The second-order valence-corrected chi connectivity index (χ2v) is 6.07. The van der Waals surface area contributed by atoms with Gasteiger partial charge in [0.2, 0.25) is 11.8 Å². The fraction of sp³-hybridized carbons (Fsp3) is 0.263. The highest BCUT2D eigenvalue weighted by Gasteiger charge is 2.37. The van der Waals surface area contributed by atoms with Crippen molar-refractivity contribution in [2.75, 3.05) is 18.5 Å². The van der Waals surface area contributed by atoms with Crippen molar-refractivity contribution in [2.24, 2.45) is 0 Å². The summed E-state index contributed by atoms with van der Waals surface area (Å²) in [7, 11) is 0. The van der Waals surface area contributed by atoms with Crippen LogP contribution in [0.25, 0.3) is 0 Å². The molecule has 0 aromatic heterocycles. The van der Waals surface area contributed by atoms with E-state index < -0.39 is 29.6 Å². The molecule has 0 radical (unpaired) electrons. The highest BCUT2D eigenvalue weighted by molar-refractivity contribution is 5.98. The fourth-order valence-corrected chi connectivity index (χ4v) is 2.86. The Morgan fingerprint density at radius 2 is 1.78 bits per heavy atom. The maximum Gasteiger partial charge on any atom is 0.418 e. The van der Waals surface area contributed by atoms with Gasteiger partial charge in [-0.15, -0.1) is 0 Å². The van der Waals surface area contributed by atoms with Crippen LogP contribution in [0, 0.1) is 0 Å². The van der Waals surface area contributed by atoms with Crippen molar-refractivity contribution in [3.05, 3.63) is 65.7 Å². The molecule has 27 heavy (non-hydrogen) atoms. The van der Waals surface area contributed by atoms with Crippen molar-refractivity contribution in [2.45, 2.75) is 18.8 Å². The van der Waals surface area contributed by atoms with E-state index in [9.17, 15) is 22.8 Å². The zero-order chi connectivity index (χ0) is 19.4. The first kappa shape index (κ1) is 18.9. The molecule has 8 heteroatoms. The van der Waals surface area contributed by atoms with Gasteiger partial charge in [0.1, 0.15) is 12.6 Å². The van der Waals surface area contributed by atoms with Gasteiger partial charge >= 0.3 is 6.18 Å². The molecule has 0 saturated carbocycles. The van der Waals surface area contributed by atoms with Gasteiger partial charge < -0.3 is 15.0 Å². The summed E-state index contributed by atoms with van der Waals surface area (Å²) < 4.78 is 44.5. The van der Waals surface area contributed by atoms with Crippen LogP contribution in [0.3, 0.4) is 0 Å². The Bertz CT molecular complexity index is 824. The zero-order valence-corrected chi connectivity index (χ0v) is 14.2. The second-order valence-electron chi connectivity index (χ2n) is 6.07. The van der Waals surface area contributed by atoms with Crippen LogP contribution in [0.2, 0.25) is 0 Å². The van der Waals surface area contributed by atoms with Gasteiger partial charge in [-0.3, -0.25) is 9.59 Å². The molecule has 0 unspecified atom stereocenters. The third-order valence-electron chi connectivity index (χ3n) is 4.19. The number of hydrogen-bond acceptors (Lipinski definition) is 3. The van der Waals surface area contributed by atoms with Crippen LogP contribution in [0.5, 0.6) is 0 Å². The standard InChI is InChI=1S/C19H17F3N2O3/c20-19(21,22)14-8-4-5-9-15(14)23-18(26)16-11-27-12-17(25)24(16)10-13-6-2-1-3-7-13/h1-9,16H,10-12H2,(H,23,26)/t16-/m1/s1. The van der Waals surface area contributed by atoms with E-state index in [2.05, 4.69) is 5.32 Å². The molecule has 1 saturated heterocycles. The number of ether oxygens (including phenoxy) is 1. The molecule has 0 spiro atoms. The van der Waals surface area contributed by atoms with Crippen LogP contribution in [0.4, 0.5) is 18.9 Å². The number of nitrogens with zero attached hydrogens (tertiary/aromatic N) is 1. The quantitative estimate of drug-likeness (QED) is 0.890. The normalized spacial score (nSPS) is 17.7. The average Bonchev–Trinajstić information content (AvgIpc) is 2.64. The predicted molar refractivity (Wildman–Crippen MR) is 91.7 cm³/mol. The van der Waals surface area contributed by atoms with Crippen molar-refractivity contribution in [3.63, 3.8) is 0 Å². The summed E-state index contributed by atoms with van der Waals surface area (Å²) in [6.07, 6.45) is -4.60. The van der Waals surface area contributed by atoms with Gasteiger partial charge in [0.05, 0.1) is 17.9 Å². The van der Waals surface area contributed by atoms with E-state index in [-0.39, 0.29) is 25.4 Å². The zero-order valence-electron chi connectivity index (χ0n) is 14.2. The van der Waals surface area contributed by atoms with Crippen molar-refractivity contribution in [3.8, 4) is 0 Å². The number of rotatable bonds is 4. The molecule has 0 aliphatic carbocycles. The Morgan fingerprint density at radius 3 is 2.48 bits per heavy atom. The van der Waals surface area contributed by atoms with E-state index in [1.54, 1.807) is 24.3 Å². The van der Waals surface area contributed by atoms with E-state index in [4.69, 9.17) is 4.74 Å². The fourth-order valence-electron chi connectivity index (χ4n) is 2.86. The van der Waals surface area contributed by atoms with Gasteiger partial charge in [0.25, 0.3) is 0 Å². The lowest BCUT2D eigenvalue weighted by atomic mass is 10.1. The van der Waals surface area contributed by atoms with Gasteiger partial charge in [0, 0.05) is 6.54 Å². The highest BCUT2D eigenvalue weighted by atomic mass is 19.4. The molecule has 1 atom stereocenters. The van der Waals surface area contributed by atoms with Crippen molar-refractivity contribution < 1.29 is 27.5 Å². The Balaban J connectivity index is 1.81. The minimum absolute atomic E-state index is 0.0847. The summed E-state index contributed by atoms with van der Waals surface area (Å²) in [5.74, 6) is -1.12. The summed E-state index contributed by atoms with van der Waals surface area (Å²) in [5, 5.41) is 2.29. The summed E-state index contributed by atoms with van der Waals surface area (Å²) in [6.45, 7) is -0.0869. The maximum atomic E-state index is 13.1. The number of anilines is 1. The minimum atomic E-state index is -4.60. The van der Waals surface area contributed by atoms with E-state index in [1.165, 1.54) is 23.1 Å². The molecular formula is C19H17F3N2O3. The minimum Gasteiger partial charge on any atom is -0.369 e. The Morgan fingerprint density at radius 1 is 1.11 bits per heavy atom. The lowest BCUT2D eigenvalue weighted by Crippen LogP contribution is -2.54. The topological polar surface area (TPSA) is 58.6 Å². The molecule has 1 fully saturated rings. The number of hydrogen-bond donors (Lipinski definition) is 1. The molecule has 2 aromatic carbocycles. The van der Waals surface area contributed by atoms with Gasteiger partial charge in [0.15, 0.2) is 0 Å². The van der Waals surface area contributed by atoms with Gasteiger partial charge in [-0.1, -0.05) is 42.5 Å². The number of para-hydroxylation sites is 1. The SMILES string of the molecule is O=C(Nc1ccccc1C(F)(F)F)[C@H]1COCC(=O)N1Cc1ccccc1. The third-order valence-corrected chi connectivity index (χ3v) is 4.19. The maximum absolute atomic E-state index is 13.1. The molecule has 2 aromatic rings. The van der Waals surface area contributed by atoms with E-state index >= 15 is 0 Å². The Labute approximate surface area is 153 Å². The predicted octanol–water partition coefficient (Wildman–Crippen LogP) is 3.07. The van der Waals surface area contributed by atoms with Gasteiger partial charge in [-0.2, -0.15) is 13.2 Å². The molecule has 1 heterocycles. The highest BCUT2D eigenvalue weighted by Crippen LogP contribution is 2.34. The lowest BCUT2D eigenvalue weighted by molar-refractivity contribution is -0.154. The molecule has 2 amide bonds. The first-order valence-corrected chi connectivity index (χ1v) is 8.24. The Hall–Kier alpha value is -2.87. The van der Waals surface area contributed by atoms with E-state index in [1.807, 2.05) is 6.07 Å². The smallest absolute Gasteiger partial charge is 0.369 e. The van der Waals surface area contributed by atoms with Crippen LogP contribution < -0.4 is 5.32 Å². The molecule has 0 bridgehead atoms. The van der Waals surface area contributed by atoms with Crippen molar-refractivity contribution >= 4 is 17.5 Å². The molecule has 3 rings (SSSR count). The lowest BCUT2D eigenvalue weighted by Gasteiger charge is -2.34. The third kappa shape index (κ3) is 4.46. The first-order valence-electron chi connectivity index (χ1n) is 8.24. The molecule has 1 aliphatic heterocycles. The van der Waals surface area contributed by atoms with Gasteiger partial charge in [-0.25, -0.2) is 0 Å². The number of halogens is 3. The van der Waals surface area contributed by atoms with E-state index in [0.29, 0.717) is 0 Å². The number of morpholine rings is 1. The molecule has 1 N–H and O–H groups in total. The summed E-state index contributed by atoms with van der Waals surface area (Å²) >= 11 is 0. The monoisotopic (exact) mass is 378 g/mol. The number of carbonyl (C=O) groups is 2. The Kier molecular flexibility index (Phi) is 5.46. The van der Waals surface area contributed by atoms with Crippen LogP contribution in [0.1, 0.15) is 11.1 Å². The molecular weight excluding hydrogens is 361 g/mol. The number of carbonyl (C=O) groups excluding carboxylic acids is 2. The van der Waals surface area contributed by atoms with Crippen LogP contribution in [-0.2, 0) is 27.0 Å². The van der Waals surface area contributed by atoms with Crippen LogP contribution in [0.15, 0.2) is 54.6 Å². The molecule has 1 aliphatic rings. The number of amides is 2. The van der Waals surface area contributed by atoms with Crippen LogP contribution in [-0.4, -0.2) is 36.0 Å². The number of alkyl halides is 3. The van der Waals surface area contributed by atoms with Crippen molar-refractivity contribution in [1.82, 2.24) is 4.90 Å². The van der Waals surface area contributed by atoms with E-state index in [0.717, 1.165) is 11.6 Å². The molecule has 5 nitrogen and oxygen atoms in total. The average molecular weight is 378 g/mol. The first-order chi connectivity index (χ1) is 12.9. The summed E-state index contributed by atoms with van der Waals surface area (Å²) in [6, 6.07) is 12.7. The molecule has 142 valence electrons. The second kappa shape index (κ2) is 7.79. The van der Waals surface area contributed by atoms with Crippen molar-refractivity contribution in [1.29, 1.82) is 0 Å². The van der Waals surface area contributed by atoms with Gasteiger partial charge in [-0.05, 0) is 17.7 Å². The number of nitrogens with one attached hydrogen (secondary N) is 1.